The number of hydrogen-bond donors (Lipinski definition) is 1. The van der Waals surface area contributed by atoms with E-state index in [1.54, 1.807) is 24.3 Å². The molecule has 0 bridgehead atoms. The summed E-state index contributed by atoms with van der Waals surface area (Å²) in [5, 5.41) is 11.3. The molecule has 0 saturated heterocycles. The van der Waals surface area contributed by atoms with E-state index in [4.69, 9.17) is 17.3 Å². The van der Waals surface area contributed by atoms with Crippen molar-refractivity contribution < 1.29 is 9.13 Å². The van der Waals surface area contributed by atoms with Crippen molar-refractivity contribution in [1.82, 2.24) is 0 Å². The van der Waals surface area contributed by atoms with E-state index in [2.05, 4.69) is 15.9 Å². The Morgan fingerprint density at radius 2 is 2.00 bits per heavy atom. The first kappa shape index (κ1) is 15.9. The van der Waals surface area contributed by atoms with Crippen LogP contribution in [0.25, 0.3) is 0 Å². The first-order valence-electron chi connectivity index (χ1n) is 5.74. The van der Waals surface area contributed by atoms with Gasteiger partial charge in [-0.2, -0.15) is 0 Å². The Labute approximate surface area is 136 Å². The van der Waals surface area contributed by atoms with Crippen molar-refractivity contribution in [2.24, 2.45) is 0 Å². The van der Waals surface area contributed by atoms with Crippen LogP contribution in [-0.4, -0.2) is 9.13 Å². The highest BCUT2D eigenvalue weighted by Crippen LogP contribution is 2.28. The molecule has 0 aliphatic carbocycles. The second-order valence-electron chi connectivity index (χ2n) is 4.21. The van der Waals surface area contributed by atoms with Crippen LogP contribution in [0.4, 0.5) is 11.4 Å². The molecule has 0 heterocycles. The van der Waals surface area contributed by atoms with E-state index in [0.717, 1.165) is 0 Å². The summed E-state index contributed by atoms with van der Waals surface area (Å²) >= 11 is 9.18. The van der Waals surface area contributed by atoms with Crippen molar-refractivity contribution >= 4 is 49.7 Å². The monoisotopic (exact) mass is 388 g/mol. The maximum atomic E-state index is 12.4. The smallest absolute Gasteiger partial charge is 0.274 e. The molecule has 0 fully saturated rings. The predicted molar refractivity (Wildman–Crippen MR) is 86.8 cm³/mol. The van der Waals surface area contributed by atoms with Gasteiger partial charge in [0.1, 0.15) is 0 Å². The lowest BCUT2D eigenvalue weighted by Crippen LogP contribution is -2.02. The molecular weight excluding hydrogens is 380 g/mol. The molecule has 0 saturated carbocycles. The summed E-state index contributed by atoms with van der Waals surface area (Å²) in [6, 6.07) is 9.30. The Balaban J connectivity index is 2.34. The molecule has 8 heteroatoms. The third-order valence-electron chi connectivity index (χ3n) is 2.73. The number of nitrogens with two attached hydrogens (primary N) is 1. The maximum absolute atomic E-state index is 12.4. The summed E-state index contributed by atoms with van der Waals surface area (Å²) in [4.78, 5) is 11.0. The average Bonchev–Trinajstić information content (AvgIpc) is 2.40. The predicted octanol–water partition coefficient (Wildman–Crippen LogP) is 3.90. The third kappa shape index (κ3) is 3.81. The number of rotatable bonds is 4. The Morgan fingerprint density at radius 1 is 1.29 bits per heavy atom. The molecule has 110 valence electrons. The molecular formula is C13H10BrClN2O3S. The number of anilines is 1. The molecule has 0 amide bonds. The standard InChI is InChI=1S/C13H10BrClN2O3S/c14-9-2-1-8(12(5-9)17(18)19)7-21(20)13-4-3-10(16)6-11(13)15/h1-6H,7,16H2. The van der Waals surface area contributed by atoms with Crippen molar-refractivity contribution in [3.05, 3.63) is 61.6 Å². The van der Waals surface area contributed by atoms with Crippen molar-refractivity contribution in [2.45, 2.75) is 10.6 Å². The Bertz CT molecular complexity index is 739. The lowest BCUT2D eigenvalue weighted by Gasteiger charge is -2.07. The second kappa shape index (κ2) is 6.55. The minimum absolute atomic E-state index is 0.00717. The van der Waals surface area contributed by atoms with Crippen LogP contribution < -0.4 is 5.73 Å². The van der Waals surface area contributed by atoms with Gasteiger partial charge in [0.2, 0.25) is 0 Å². The Kier molecular flexibility index (Phi) is 4.97. The number of nitro groups is 1. The van der Waals surface area contributed by atoms with Gasteiger partial charge in [0.25, 0.3) is 5.69 Å². The molecule has 5 nitrogen and oxygen atoms in total. The van der Waals surface area contributed by atoms with Gasteiger partial charge in [-0.15, -0.1) is 0 Å². The summed E-state index contributed by atoms with van der Waals surface area (Å²) in [5.41, 5.74) is 6.36. The van der Waals surface area contributed by atoms with E-state index in [-0.39, 0.29) is 16.5 Å². The topological polar surface area (TPSA) is 86.2 Å². The SMILES string of the molecule is Nc1ccc(S(=O)Cc2ccc(Br)cc2[N+](=O)[O-])c(Cl)c1. The van der Waals surface area contributed by atoms with E-state index in [9.17, 15) is 14.3 Å². The van der Waals surface area contributed by atoms with Crippen LogP contribution in [-0.2, 0) is 16.6 Å². The third-order valence-corrected chi connectivity index (χ3v) is 5.07. The molecule has 21 heavy (non-hydrogen) atoms. The van der Waals surface area contributed by atoms with Gasteiger partial charge < -0.3 is 5.73 Å². The van der Waals surface area contributed by atoms with Crippen molar-refractivity contribution in [3.8, 4) is 0 Å². The van der Waals surface area contributed by atoms with Crippen LogP contribution in [0.2, 0.25) is 5.02 Å². The number of nitrogen functional groups attached to an aromatic ring is 1. The molecule has 1 atom stereocenters. The molecule has 0 radical (unpaired) electrons. The first-order valence-corrected chi connectivity index (χ1v) is 8.23. The van der Waals surface area contributed by atoms with Gasteiger partial charge in [-0.3, -0.25) is 14.3 Å². The second-order valence-corrected chi connectivity index (χ2v) is 6.95. The molecule has 2 aromatic rings. The van der Waals surface area contributed by atoms with Gasteiger partial charge in [-0.1, -0.05) is 33.6 Å². The summed E-state index contributed by atoms with van der Waals surface area (Å²) in [7, 11) is -1.49. The molecule has 0 aliphatic heterocycles. The van der Waals surface area contributed by atoms with Gasteiger partial charge in [0, 0.05) is 21.8 Å². The number of hydrogen-bond acceptors (Lipinski definition) is 4. The molecule has 0 spiro atoms. The van der Waals surface area contributed by atoms with E-state index in [1.807, 2.05) is 0 Å². The van der Waals surface area contributed by atoms with Crippen LogP contribution in [0, 0.1) is 10.1 Å². The van der Waals surface area contributed by atoms with Gasteiger partial charge >= 0.3 is 0 Å². The van der Waals surface area contributed by atoms with Crippen LogP contribution in [0.1, 0.15) is 5.56 Å². The van der Waals surface area contributed by atoms with E-state index < -0.39 is 15.7 Å². The number of nitrogens with zero attached hydrogens (tertiary/aromatic N) is 1. The minimum Gasteiger partial charge on any atom is -0.399 e. The van der Waals surface area contributed by atoms with Gasteiger partial charge in [0.15, 0.2) is 0 Å². The van der Waals surface area contributed by atoms with Gasteiger partial charge in [-0.25, -0.2) is 0 Å². The van der Waals surface area contributed by atoms with Crippen molar-refractivity contribution in [3.63, 3.8) is 0 Å². The van der Waals surface area contributed by atoms with Gasteiger partial charge in [0.05, 0.1) is 31.4 Å². The fourth-order valence-corrected chi connectivity index (χ4v) is 3.72. The highest BCUT2D eigenvalue weighted by atomic mass is 79.9. The lowest BCUT2D eigenvalue weighted by molar-refractivity contribution is -0.385. The largest absolute Gasteiger partial charge is 0.399 e. The van der Waals surface area contributed by atoms with Crippen LogP contribution in [0.3, 0.4) is 0 Å². The molecule has 2 rings (SSSR count). The van der Waals surface area contributed by atoms with Crippen LogP contribution in [0.5, 0.6) is 0 Å². The van der Waals surface area contributed by atoms with Gasteiger partial charge in [-0.05, 0) is 24.3 Å². The quantitative estimate of drug-likeness (QED) is 0.488. The number of nitro benzene ring substituents is 1. The highest BCUT2D eigenvalue weighted by molar-refractivity contribution is 9.10. The van der Waals surface area contributed by atoms with Crippen molar-refractivity contribution in [2.75, 3.05) is 5.73 Å². The maximum Gasteiger partial charge on any atom is 0.274 e. The van der Waals surface area contributed by atoms with Crippen molar-refractivity contribution in [1.29, 1.82) is 0 Å². The summed E-state index contributed by atoms with van der Waals surface area (Å²) < 4.78 is 12.9. The summed E-state index contributed by atoms with van der Waals surface area (Å²) in [5.74, 6) is 0.00717. The fourth-order valence-electron chi connectivity index (χ4n) is 1.75. The van der Waals surface area contributed by atoms with Crippen LogP contribution in [0.15, 0.2) is 45.8 Å². The minimum atomic E-state index is -1.49. The normalized spacial score (nSPS) is 12.1. The molecule has 2 N–H and O–H groups in total. The number of benzene rings is 2. The lowest BCUT2D eigenvalue weighted by atomic mass is 10.2. The van der Waals surface area contributed by atoms with E-state index in [0.29, 0.717) is 20.6 Å². The Morgan fingerprint density at radius 3 is 2.62 bits per heavy atom. The number of halogens is 2. The Hall–Kier alpha value is -1.44. The molecule has 2 aromatic carbocycles. The fraction of sp³-hybridized carbons (Fsp3) is 0.0769. The average molecular weight is 390 g/mol. The first-order chi connectivity index (χ1) is 9.88. The molecule has 0 aliphatic rings. The highest BCUT2D eigenvalue weighted by Gasteiger charge is 2.18. The summed E-state index contributed by atoms with van der Waals surface area (Å²) in [6.45, 7) is 0. The van der Waals surface area contributed by atoms with E-state index in [1.165, 1.54) is 12.1 Å². The van der Waals surface area contributed by atoms with Crippen LogP contribution >= 0.6 is 27.5 Å². The zero-order valence-electron chi connectivity index (χ0n) is 10.6. The van der Waals surface area contributed by atoms with E-state index >= 15 is 0 Å². The zero-order valence-corrected chi connectivity index (χ0v) is 13.7. The molecule has 1 unspecified atom stereocenters. The summed E-state index contributed by atoms with van der Waals surface area (Å²) in [6.07, 6.45) is 0. The molecule has 0 aromatic heterocycles. The zero-order chi connectivity index (χ0) is 15.6.